The number of hydrogen-bond donors (Lipinski definition) is 2. The van der Waals surface area contributed by atoms with E-state index in [2.05, 4.69) is 10.6 Å². The highest BCUT2D eigenvalue weighted by atomic mass is 16.6. The third-order valence-electron chi connectivity index (χ3n) is 3.30. The lowest BCUT2D eigenvalue weighted by atomic mass is 9.95. The number of non-ortho nitro benzene ring substituents is 1. The zero-order chi connectivity index (χ0) is 18.1. The van der Waals surface area contributed by atoms with Gasteiger partial charge in [-0.3, -0.25) is 10.1 Å². The summed E-state index contributed by atoms with van der Waals surface area (Å²) < 4.78 is 5.39. The second kappa shape index (κ2) is 6.31. The number of nitrogens with one attached hydrogen (secondary N) is 2. The number of nitrogens with zero attached hydrogens (tertiary/aromatic N) is 1. The molecule has 8 nitrogen and oxygen atoms in total. The van der Waals surface area contributed by atoms with Crippen molar-refractivity contribution in [2.75, 3.05) is 0 Å². The van der Waals surface area contributed by atoms with Crippen molar-refractivity contribution < 1.29 is 19.2 Å². The smallest absolute Gasteiger partial charge is 0.338 e. The number of carbonyl (C=O) groups is 2. The lowest BCUT2D eigenvalue weighted by Crippen LogP contribution is -2.46. The summed E-state index contributed by atoms with van der Waals surface area (Å²) in [6.45, 7) is 6.79. The largest absolute Gasteiger partial charge is 0.456 e. The van der Waals surface area contributed by atoms with Gasteiger partial charge in [0.05, 0.1) is 16.5 Å². The second-order valence-electron chi connectivity index (χ2n) is 6.42. The molecule has 24 heavy (non-hydrogen) atoms. The first-order chi connectivity index (χ1) is 11.1. The number of hydrogen-bond acceptors (Lipinski definition) is 5. The Hall–Kier alpha value is -2.90. The summed E-state index contributed by atoms with van der Waals surface area (Å²) >= 11 is 0. The first kappa shape index (κ1) is 17.5. The lowest BCUT2D eigenvalue weighted by molar-refractivity contribution is -0.384. The Labute approximate surface area is 139 Å². The Morgan fingerprint density at radius 1 is 1.33 bits per heavy atom. The highest BCUT2D eigenvalue weighted by Gasteiger charge is 2.34. The quantitative estimate of drug-likeness (QED) is 0.502. The normalized spacial score (nSPS) is 17.8. The molecule has 0 fully saturated rings. The van der Waals surface area contributed by atoms with Crippen molar-refractivity contribution in [3.8, 4) is 0 Å². The average Bonchev–Trinajstić information content (AvgIpc) is 2.44. The Bertz CT molecular complexity index is 733. The van der Waals surface area contributed by atoms with Gasteiger partial charge in [-0.15, -0.1) is 0 Å². The van der Waals surface area contributed by atoms with Crippen LogP contribution in [-0.4, -0.2) is 22.5 Å². The summed E-state index contributed by atoms with van der Waals surface area (Å²) in [5, 5.41) is 16.1. The molecule has 0 radical (unpaired) electrons. The fraction of sp³-hybridized carbons (Fsp3) is 0.375. The number of allylic oxidation sites excluding steroid dienone is 1. The number of urea groups is 1. The van der Waals surface area contributed by atoms with E-state index >= 15 is 0 Å². The molecule has 1 unspecified atom stereocenters. The van der Waals surface area contributed by atoms with Crippen molar-refractivity contribution >= 4 is 17.7 Å². The number of rotatable bonds is 3. The molecular weight excluding hydrogens is 314 g/mol. The number of nitro groups is 1. The Morgan fingerprint density at radius 3 is 2.58 bits per heavy atom. The topological polar surface area (TPSA) is 111 Å². The molecule has 1 aromatic carbocycles. The maximum atomic E-state index is 12.5. The molecule has 1 heterocycles. The summed E-state index contributed by atoms with van der Waals surface area (Å²) in [6, 6.07) is 4.47. The van der Waals surface area contributed by atoms with Gasteiger partial charge in [0.1, 0.15) is 5.60 Å². The van der Waals surface area contributed by atoms with Crippen LogP contribution in [0.25, 0.3) is 0 Å². The molecule has 0 aromatic heterocycles. The molecule has 8 heteroatoms. The van der Waals surface area contributed by atoms with E-state index in [1.807, 2.05) is 0 Å². The van der Waals surface area contributed by atoms with Crippen LogP contribution in [0.4, 0.5) is 10.5 Å². The van der Waals surface area contributed by atoms with Crippen LogP contribution in [0.2, 0.25) is 0 Å². The standard InChI is InChI=1S/C16H19N3O5/c1-9-12(14(20)24-16(2,3)4)13(18-15(21)17-9)10-6-5-7-11(8-10)19(22)23/h5-8,13H,1-4H3,(H2,17,18,21). The molecule has 1 aliphatic rings. The monoisotopic (exact) mass is 333 g/mol. The average molecular weight is 333 g/mol. The van der Waals surface area contributed by atoms with Gasteiger partial charge >= 0.3 is 12.0 Å². The molecule has 0 spiro atoms. The zero-order valence-corrected chi connectivity index (χ0v) is 13.9. The molecule has 0 bridgehead atoms. The third kappa shape index (κ3) is 3.89. The van der Waals surface area contributed by atoms with Crippen molar-refractivity contribution in [1.29, 1.82) is 0 Å². The number of benzene rings is 1. The van der Waals surface area contributed by atoms with Gasteiger partial charge in [-0.1, -0.05) is 12.1 Å². The van der Waals surface area contributed by atoms with E-state index in [9.17, 15) is 19.7 Å². The third-order valence-corrected chi connectivity index (χ3v) is 3.30. The van der Waals surface area contributed by atoms with Crippen LogP contribution in [-0.2, 0) is 9.53 Å². The Morgan fingerprint density at radius 2 is 2.00 bits per heavy atom. The van der Waals surface area contributed by atoms with Crippen LogP contribution in [0.15, 0.2) is 35.5 Å². The minimum atomic E-state index is -0.825. The van der Waals surface area contributed by atoms with Gasteiger partial charge in [0, 0.05) is 17.8 Å². The fourth-order valence-corrected chi connectivity index (χ4v) is 2.37. The number of esters is 1. The minimum absolute atomic E-state index is 0.124. The first-order valence-electron chi connectivity index (χ1n) is 7.34. The summed E-state index contributed by atoms with van der Waals surface area (Å²) in [6.07, 6.45) is 0. The number of nitro benzene ring substituents is 1. The van der Waals surface area contributed by atoms with Gasteiger partial charge in [0.15, 0.2) is 0 Å². The van der Waals surface area contributed by atoms with Crippen LogP contribution < -0.4 is 10.6 Å². The van der Waals surface area contributed by atoms with E-state index in [4.69, 9.17) is 4.74 Å². The molecule has 2 N–H and O–H groups in total. The first-order valence-corrected chi connectivity index (χ1v) is 7.34. The van der Waals surface area contributed by atoms with Crippen LogP contribution in [0, 0.1) is 10.1 Å². The van der Waals surface area contributed by atoms with Crippen molar-refractivity contribution in [1.82, 2.24) is 10.6 Å². The summed E-state index contributed by atoms with van der Waals surface area (Å²) in [5.41, 5.74) is 0.161. The second-order valence-corrected chi connectivity index (χ2v) is 6.42. The lowest BCUT2D eigenvalue weighted by Gasteiger charge is -2.30. The van der Waals surface area contributed by atoms with E-state index in [-0.39, 0.29) is 11.3 Å². The van der Waals surface area contributed by atoms with Gasteiger partial charge in [-0.2, -0.15) is 0 Å². The van der Waals surface area contributed by atoms with Crippen molar-refractivity contribution in [3.05, 3.63) is 51.2 Å². The van der Waals surface area contributed by atoms with Gasteiger partial charge < -0.3 is 15.4 Å². The van der Waals surface area contributed by atoms with E-state index in [0.717, 1.165) is 0 Å². The molecule has 1 atom stereocenters. The van der Waals surface area contributed by atoms with Crippen molar-refractivity contribution in [2.24, 2.45) is 0 Å². The molecule has 0 saturated heterocycles. The van der Waals surface area contributed by atoms with Crippen molar-refractivity contribution in [3.63, 3.8) is 0 Å². The summed E-state index contributed by atoms with van der Waals surface area (Å²) in [5.74, 6) is -0.594. The Balaban J connectivity index is 2.47. The summed E-state index contributed by atoms with van der Waals surface area (Å²) in [7, 11) is 0. The minimum Gasteiger partial charge on any atom is -0.456 e. The molecule has 1 aromatic rings. The number of amides is 2. The Kier molecular flexibility index (Phi) is 4.59. The molecule has 2 amide bonds. The predicted molar refractivity (Wildman–Crippen MR) is 86.0 cm³/mol. The molecular formula is C16H19N3O5. The van der Waals surface area contributed by atoms with Crippen molar-refractivity contribution in [2.45, 2.75) is 39.3 Å². The number of carbonyl (C=O) groups excluding carboxylic acids is 2. The molecule has 1 aliphatic heterocycles. The molecule has 2 rings (SSSR count). The van der Waals surface area contributed by atoms with Gasteiger partial charge in [-0.05, 0) is 33.3 Å². The van der Waals surface area contributed by atoms with E-state index < -0.39 is 28.6 Å². The van der Waals surface area contributed by atoms with E-state index in [1.54, 1.807) is 33.8 Å². The van der Waals surface area contributed by atoms with Crippen LogP contribution >= 0.6 is 0 Å². The van der Waals surface area contributed by atoms with E-state index in [1.165, 1.54) is 18.2 Å². The highest BCUT2D eigenvalue weighted by Crippen LogP contribution is 2.30. The predicted octanol–water partition coefficient (Wildman–Crippen LogP) is 2.56. The zero-order valence-electron chi connectivity index (χ0n) is 13.9. The molecule has 0 saturated carbocycles. The maximum Gasteiger partial charge on any atom is 0.338 e. The van der Waals surface area contributed by atoms with Gasteiger partial charge in [0.25, 0.3) is 5.69 Å². The summed E-state index contributed by atoms with van der Waals surface area (Å²) in [4.78, 5) is 34.8. The van der Waals surface area contributed by atoms with Crippen LogP contribution in [0.1, 0.15) is 39.3 Å². The maximum absolute atomic E-state index is 12.5. The molecule has 0 aliphatic carbocycles. The van der Waals surface area contributed by atoms with Gasteiger partial charge in [-0.25, -0.2) is 9.59 Å². The highest BCUT2D eigenvalue weighted by molar-refractivity contribution is 5.95. The molecule has 128 valence electrons. The number of ether oxygens (including phenoxy) is 1. The van der Waals surface area contributed by atoms with E-state index in [0.29, 0.717) is 11.3 Å². The van der Waals surface area contributed by atoms with Crippen LogP contribution in [0.5, 0.6) is 0 Å². The van der Waals surface area contributed by atoms with Crippen LogP contribution in [0.3, 0.4) is 0 Å². The SMILES string of the molecule is CC1=C(C(=O)OC(C)(C)C)C(c2cccc([N+](=O)[O-])c2)NC(=O)N1. The van der Waals surface area contributed by atoms with Gasteiger partial charge in [0.2, 0.25) is 0 Å². The fourth-order valence-electron chi connectivity index (χ4n) is 2.37.